The van der Waals surface area contributed by atoms with Gasteiger partial charge in [0.25, 0.3) is 5.91 Å². The van der Waals surface area contributed by atoms with Crippen LogP contribution in [0, 0.1) is 0 Å². The Kier molecular flexibility index (Phi) is 6.37. The Hall–Kier alpha value is -2.82. The number of nitrogens with one attached hydrogen (secondary N) is 2. The first-order valence-electron chi connectivity index (χ1n) is 7.86. The third-order valence-corrected chi connectivity index (χ3v) is 3.52. The van der Waals surface area contributed by atoms with Crippen LogP contribution in [0.4, 0.5) is 5.69 Å². The highest BCUT2D eigenvalue weighted by Crippen LogP contribution is 2.16. The van der Waals surface area contributed by atoms with Gasteiger partial charge in [-0.25, -0.2) is 0 Å². The number of carbonyl (C=O) groups is 2. The molecule has 1 atom stereocenters. The van der Waals surface area contributed by atoms with E-state index in [1.807, 2.05) is 30.3 Å². The minimum Gasteiger partial charge on any atom is -0.484 e. The van der Waals surface area contributed by atoms with Crippen LogP contribution in [0.1, 0.15) is 25.3 Å². The zero-order chi connectivity index (χ0) is 17.4. The van der Waals surface area contributed by atoms with Gasteiger partial charge in [0.15, 0.2) is 6.61 Å². The van der Waals surface area contributed by atoms with Crippen LogP contribution in [0.15, 0.2) is 54.6 Å². The van der Waals surface area contributed by atoms with E-state index in [0.29, 0.717) is 18.0 Å². The normalized spacial score (nSPS) is 11.4. The molecule has 0 spiro atoms. The fraction of sp³-hybridized carbons (Fsp3) is 0.263. The van der Waals surface area contributed by atoms with E-state index in [9.17, 15) is 9.59 Å². The van der Waals surface area contributed by atoms with Gasteiger partial charge in [-0.1, -0.05) is 37.3 Å². The van der Waals surface area contributed by atoms with E-state index in [1.165, 1.54) is 12.5 Å². The molecule has 0 radical (unpaired) electrons. The first-order valence-corrected chi connectivity index (χ1v) is 7.86. The van der Waals surface area contributed by atoms with Gasteiger partial charge in [0.05, 0.1) is 0 Å². The summed E-state index contributed by atoms with van der Waals surface area (Å²) in [6, 6.07) is 16.9. The number of hydrogen-bond donors (Lipinski definition) is 2. The van der Waals surface area contributed by atoms with Gasteiger partial charge < -0.3 is 15.4 Å². The van der Waals surface area contributed by atoms with E-state index >= 15 is 0 Å². The molecule has 24 heavy (non-hydrogen) atoms. The van der Waals surface area contributed by atoms with Gasteiger partial charge in [-0.2, -0.15) is 0 Å². The second-order valence-corrected chi connectivity index (χ2v) is 5.61. The lowest BCUT2D eigenvalue weighted by Crippen LogP contribution is -2.31. The van der Waals surface area contributed by atoms with Crippen molar-refractivity contribution in [2.24, 2.45) is 0 Å². The number of amides is 2. The van der Waals surface area contributed by atoms with E-state index in [-0.39, 0.29) is 24.3 Å². The molecular weight excluding hydrogens is 304 g/mol. The maximum absolute atomic E-state index is 11.9. The molecule has 2 rings (SSSR count). The van der Waals surface area contributed by atoms with Crippen LogP contribution in [-0.2, 0) is 9.59 Å². The van der Waals surface area contributed by atoms with Crippen molar-refractivity contribution in [2.45, 2.75) is 19.8 Å². The number of hydrogen-bond acceptors (Lipinski definition) is 3. The molecule has 0 fully saturated rings. The first-order chi connectivity index (χ1) is 11.5. The Morgan fingerprint density at radius 3 is 2.33 bits per heavy atom. The van der Waals surface area contributed by atoms with Crippen molar-refractivity contribution in [1.82, 2.24) is 5.32 Å². The highest BCUT2D eigenvalue weighted by molar-refractivity contribution is 5.88. The highest BCUT2D eigenvalue weighted by atomic mass is 16.5. The fourth-order valence-electron chi connectivity index (χ4n) is 2.20. The van der Waals surface area contributed by atoms with Crippen LogP contribution in [0.3, 0.4) is 0 Å². The molecule has 2 aromatic rings. The Morgan fingerprint density at radius 1 is 1.04 bits per heavy atom. The molecule has 0 unspecified atom stereocenters. The first kappa shape index (κ1) is 17.5. The molecule has 2 aromatic carbocycles. The molecule has 126 valence electrons. The number of anilines is 1. The second kappa shape index (κ2) is 8.72. The third kappa shape index (κ3) is 5.76. The van der Waals surface area contributed by atoms with Gasteiger partial charge in [0.1, 0.15) is 5.75 Å². The maximum Gasteiger partial charge on any atom is 0.257 e. The molecule has 5 heteroatoms. The molecule has 5 nitrogen and oxygen atoms in total. The molecule has 2 N–H and O–H groups in total. The summed E-state index contributed by atoms with van der Waals surface area (Å²) in [5.41, 5.74) is 1.88. The summed E-state index contributed by atoms with van der Waals surface area (Å²) in [5.74, 6) is 0.529. The van der Waals surface area contributed by atoms with Crippen LogP contribution >= 0.6 is 0 Å². The van der Waals surface area contributed by atoms with Crippen molar-refractivity contribution in [2.75, 3.05) is 18.5 Å². The zero-order valence-corrected chi connectivity index (χ0v) is 13.9. The van der Waals surface area contributed by atoms with Crippen molar-refractivity contribution in [1.29, 1.82) is 0 Å². The van der Waals surface area contributed by atoms with Crippen molar-refractivity contribution in [3.8, 4) is 5.75 Å². The van der Waals surface area contributed by atoms with Gasteiger partial charge in [0.2, 0.25) is 5.91 Å². The lowest BCUT2D eigenvalue weighted by Gasteiger charge is -2.13. The lowest BCUT2D eigenvalue weighted by atomic mass is 10.0. The standard InChI is InChI=1S/C19H22N2O3/c1-14(16-6-4-3-5-7-16)12-20-19(23)13-24-18-10-8-17(9-11-18)21-15(2)22/h3-11,14H,12-13H2,1-2H3,(H,20,23)(H,21,22)/t14-/m0/s1. The van der Waals surface area contributed by atoms with E-state index in [4.69, 9.17) is 4.74 Å². The van der Waals surface area contributed by atoms with E-state index in [1.54, 1.807) is 24.3 Å². The van der Waals surface area contributed by atoms with E-state index in [2.05, 4.69) is 17.6 Å². The number of carbonyl (C=O) groups excluding carboxylic acids is 2. The molecular formula is C19H22N2O3. The van der Waals surface area contributed by atoms with Crippen molar-refractivity contribution < 1.29 is 14.3 Å². The number of rotatable bonds is 7. The van der Waals surface area contributed by atoms with Gasteiger partial charge in [-0.3, -0.25) is 9.59 Å². The smallest absolute Gasteiger partial charge is 0.257 e. The summed E-state index contributed by atoms with van der Waals surface area (Å²) in [5, 5.41) is 5.54. The molecule has 0 aliphatic carbocycles. The van der Waals surface area contributed by atoms with Crippen LogP contribution in [0.5, 0.6) is 5.75 Å². The highest BCUT2D eigenvalue weighted by Gasteiger charge is 2.08. The Morgan fingerprint density at radius 2 is 1.71 bits per heavy atom. The van der Waals surface area contributed by atoms with Crippen LogP contribution in [0.25, 0.3) is 0 Å². The molecule has 0 heterocycles. The third-order valence-electron chi connectivity index (χ3n) is 3.52. The average molecular weight is 326 g/mol. The minimum absolute atomic E-state index is 0.0407. The predicted octanol–water partition coefficient (Wildman–Crippen LogP) is 2.94. The van der Waals surface area contributed by atoms with Crippen molar-refractivity contribution in [3.05, 3.63) is 60.2 Å². The molecule has 0 aliphatic rings. The summed E-state index contributed by atoms with van der Waals surface area (Å²) < 4.78 is 5.44. The number of benzene rings is 2. The summed E-state index contributed by atoms with van der Waals surface area (Å²) in [6.07, 6.45) is 0. The fourth-order valence-corrected chi connectivity index (χ4v) is 2.20. The molecule has 0 saturated heterocycles. The second-order valence-electron chi connectivity index (χ2n) is 5.61. The van der Waals surface area contributed by atoms with E-state index in [0.717, 1.165) is 0 Å². The minimum atomic E-state index is -0.163. The summed E-state index contributed by atoms with van der Waals surface area (Å²) in [4.78, 5) is 22.8. The predicted molar refractivity (Wildman–Crippen MR) is 94.1 cm³/mol. The van der Waals surface area contributed by atoms with Crippen molar-refractivity contribution in [3.63, 3.8) is 0 Å². The molecule has 0 saturated carbocycles. The SMILES string of the molecule is CC(=O)Nc1ccc(OCC(=O)NC[C@H](C)c2ccccc2)cc1. The summed E-state index contributed by atoms with van der Waals surface area (Å²) in [7, 11) is 0. The molecule has 0 bridgehead atoms. The van der Waals surface area contributed by atoms with Gasteiger partial charge in [-0.15, -0.1) is 0 Å². The van der Waals surface area contributed by atoms with Crippen molar-refractivity contribution >= 4 is 17.5 Å². The van der Waals surface area contributed by atoms with Gasteiger partial charge in [0, 0.05) is 19.2 Å². The van der Waals surface area contributed by atoms with Gasteiger partial charge >= 0.3 is 0 Å². The lowest BCUT2D eigenvalue weighted by molar-refractivity contribution is -0.123. The van der Waals surface area contributed by atoms with Crippen LogP contribution in [-0.4, -0.2) is 25.0 Å². The van der Waals surface area contributed by atoms with E-state index < -0.39 is 0 Å². The van der Waals surface area contributed by atoms with Gasteiger partial charge in [-0.05, 0) is 35.7 Å². The zero-order valence-electron chi connectivity index (χ0n) is 13.9. The molecule has 2 amide bonds. The van der Waals surface area contributed by atoms with Crippen LogP contribution < -0.4 is 15.4 Å². The Balaban J connectivity index is 1.74. The largest absolute Gasteiger partial charge is 0.484 e. The Labute approximate surface area is 142 Å². The average Bonchev–Trinajstić information content (AvgIpc) is 2.59. The summed E-state index contributed by atoms with van der Waals surface area (Å²) in [6.45, 7) is 4.04. The molecule has 0 aliphatic heterocycles. The maximum atomic E-state index is 11.9. The monoisotopic (exact) mass is 326 g/mol. The van der Waals surface area contributed by atoms with Crippen LogP contribution in [0.2, 0.25) is 0 Å². The summed E-state index contributed by atoms with van der Waals surface area (Å²) >= 11 is 0. The Bertz CT molecular complexity index is 669. The topological polar surface area (TPSA) is 67.4 Å². The number of ether oxygens (including phenoxy) is 1. The quantitative estimate of drug-likeness (QED) is 0.822. The molecule has 0 aromatic heterocycles.